The van der Waals surface area contributed by atoms with E-state index in [1.165, 1.54) is 18.4 Å². The van der Waals surface area contributed by atoms with E-state index in [0.29, 0.717) is 18.9 Å². The van der Waals surface area contributed by atoms with Crippen LogP contribution in [0.15, 0.2) is 30.3 Å². The molecule has 2 rings (SSSR count). The third kappa shape index (κ3) is 13.7. The second kappa shape index (κ2) is 17.6. The first kappa shape index (κ1) is 24.6. The summed E-state index contributed by atoms with van der Waals surface area (Å²) < 4.78 is 10.7. The number of hydrogen-bond donors (Lipinski definition) is 2. The van der Waals surface area contributed by atoms with E-state index >= 15 is 0 Å². The van der Waals surface area contributed by atoms with Crippen LogP contribution in [-0.2, 0) is 25.5 Å². The van der Waals surface area contributed by atoms with E-state index in [2.05, 4.69) is 41.3 Å². The van der Waals surface area contributed by atoms with E-state index in [4.69, 9.17) is 15.4 Å². The summed E-state index contributed by atoms with van der Waals surface area (Å²) in [6.07, 6.45) is 6.68. The molecule has 0 aromatic heterocycles. The molecule has 6 nitrogen and oxygen atoms in total. The van der Waals surface area contributed by atoms with Gasteiger partial charge in [0.1, 0.15) is 0 Å². The molecule has 1 aliphatic rings. The number of ether oxygens (including phenoxy) is 2. The Morgan fingerprint density at radius 2 is 2.00 bits per heavy atom. The van der Waals surface area contributed by atoms with Gasteiger partial charge in [-0.05, 0) is 37.7 Å². The average Bonchev–Trinajstić information content (AvgIpc) is 3.25. The second-order valence-corrected chi connectivity index (χ2v) is 7.06. The van der Waals surface area contributed by atoms with E-state index in [1.54, 1.807) is 0 Å². The van der Waals surface area contributed by atoms with Crippen LogP contribution >= 0.6 is 0 Å². The van der Waals surface area contributed by atoms with Crippen molar-refractivity contribution >= 4 is 5.91 Å². The number of nitrogens with two attached hydrogens (primary N) is 1. The van der Waals surface area contributed by atoms with Crippen molar-refractivity contribution < 1.29 is 19.1 Å². The lowest BCUT2D eigenvalue weighted by Gasteiger charge is -2.09. The summed E-state index contributed by atoms with van der Waals surface area (Å²) in [6, 6.07) is 10.5. The first-order chi connectivity index (χ1) is 13.8. The molecule has 1 aromatic rings. The van der Waals surface area contributed by atoms with E-state index in [-0.39, 0.29) is 5.91 Å². The van der Waals surface area contributed by atoms with Crippen molar-refractivity contribution in [2.75, 3.05) is 39.6 Å². The van der Waals surface area contributed by atoms with Crippen LogP contribution in [0.1, 0.15) is 51.0 Å². The number of rotatable bonds is 13. The Bertz CT molecular complexity index is 479. The van der Waals surface area contributed by atoms with Gasteiger partial charge in [0.05, 0.1) is 19.8 Å². The quantitative estimate of drug-likeness (QED) is 0.396. The number of amides is 1. The highest BCUT2D eigenvalue weighted by Gasteiger charge is 2.15. The highest BCUT2D eigenvalue weighted by molar-refractivity contribution is 5.75. The number of carbonyl (C=O) groups excluding carboxylic acids is 1. The SMILES string of the molecule is CCCCOCCc1ccccc1.NOCCCCC(=O)NCC1CCOC1. The summed E-state index contributed by atoms with van der Waals surface area (Å²) in [5.74, 6) is 5.48. The molecular weight excluding hydrogens is 356 g/mol. The molecule has 6 heteroatoms. The Balaban J connectivity index is 0.000000283. The van der Waals surface area contributed by atoms with Crippen LogP contribution in [0.3, 0.4) is 0 Å². The lowest BCUT2D eigenvalue weighted by Crippen LogP contribution is -2.29. The van der Waals surface area contributed by atoms with Crippen molar-refractivity contribution in [1.82, 2.24) is 5.32 Å². The Kier molecular flexibility index (Phi) is 15.5. The Morgan fingerprint density at radius 1 is 1.18 bits per heavy atom. The zero-order chi connectivity index (χ0) is 20.3. The van der Waals surface area contributed by atoms with Crippen LogP contribution in [0, 0.1) is 5.92 Å². The molecule has 1 aromatic carbocycles. The molecule has 0 radical (unpaired) electrons. The van der Waals surface area contributed by atoms with Crippen LogP contribution in [0.5, 0.6) is 0 Å². The Labute approximate surface area is 170 Å². The van der Waals surface area contributed by atoms with Crippen molar-refractivity contribution in [2.24, 2.45) is 11.8 Å². The van der Waals surface area contributed by atoms with E-state index in [1.807, 2.05) is 6.07 Å². The van der Waals surface area contributed by atoms with Crippen LogP contribution < -0.4 is 11.2 Å². The van der Waals surface area contributed by atoms with Crippen LogP contribution in [0.2, 0.25) is 0 Å². The maximum absolute atomic E-state index is 11.3. The fraction of sp³-hybridized carbons (Fsp3) is 0.682. The third-order valence-corrected chi connectivity index (χ3v) is 4.55. The first-order valence-corrected chi connectivity index (χ1v) is 10.5. The molecule has 1 heterocycles. The van der Waals surface area contributed by atoms with E-state index < -0.39 is 0 Å². The lowest BCUT2D eigenvalue weighted by atomic mass is 10.1. The zero-order valence-electron chi connectivity index (χ0n) is 17.4. The number of hydrogen-bond acceptors (Lipinski definition) is 5. The Hall–Kier alpha value is -1.47. The fourth-order valence-electron chi connectivity index (χ4n) is 2.74. The van der Waals surface area contributed by atoms with Gasteiger partial charge in [0, 0.05) is 32.1 Å². The van der Waals surface area contributed by atoms with Gasteiger partial charge in [-0.2, -0.15) is 0 Å². The zero-order valence-corrected chi connectivity index (χ0v) is 17.4. The summed E-state index contributed by atoms with van der Waals surface area (Å²) in [5.41, 5.74) is 1.36. The van der Waals surface area contributed by atoms with Gasteiger partial charge in [-0.15, -0.1) is 0 Å². The van der Waals surface area contributed by atoms with Gasteiger partial charge in [-0.3, -0.25) is 4.79 Å². The standard InChI is InChI=1S/C12H18O.C10H20N2O3/c1-2-3-10-13-11-9-12-7-5-4-6-8-12;11-15-5-2-1-3-10(13)12-7-9-4-6-14-8-9/h4-8H,2-3,9-11H2,1H3;9H,1-8,11H2,(H,12,13). The van der Waals surface area contributed by atoms with Gasteiger partial charge in [-0.1, -0.05) is 43.7 Å². The minimum Gasteiger partial charge on any atom is -0.381 e. The predicted octanol–water partition coefficient (Wildman–Crippen LogP) is 3.25. The van der Waals surface area contributed by atoms with Crippen LogP contribution in [0.25, 0.3) is 0 Å². The third-order valence-electron chi connectivity index (χ3n) is 4.55. The molecule has 1 aliphatic heterocycles. The Morgan fingerprint density at radius 3 is 2.68 bits per heavy atom. The van der Waals surface area contributed by atoms with Crippen LogP contribution in [0.4, 0.5) is 0 Å². The van der Waals surface area contributed by atoms with Crippen molar-refractivity contribution in [2.45, 2.75) is 51.9 Å². The molecule has 160 valence electrons. The average molecular weight is 395 g/mol. The molecule has 1 unspecified atom stereocenters. The lowest BCUT2D eigenvalue weighted by molar-refractivity contribution is -0.121. The van der Waals surface area contributed by atoms with Gasteiger partial charge in [-0.25, -0.2) is 5.90 Å². The van der Waals surface area contributed by atoms with Gasteiger partial charge < -0.3 is 19.6 Å². The highest BCUT2D eigenvalue weighted by atomic mass is 16.6. The molecule has 0 aliphatic carbocycles. The second-order valence-electron chi connectivity index (χ2n) is 7.06. The minimum absolute atomic E-state index is 0.110. The summed E-state index contributed by atoms with van der Waals surface area (Å²) in [6.45, 7) is 6.81. The van der Waals surface area contributed by atoms with Gasteiger partial charge in [0.15, 0.2) is 0 Å². The molecule has 0 bridgehead atoms. The first-order valence-electron chi connectivity index (χ1n) is 10.5. The molecule has 1 fully saturated rings. The largest absolute Gasteiger partial charge is 0.381 e. The van der Waals surface area contributed by atoms with Crippen molar-refractivity contribution in [3.05, 3.63) is 35.9 Å². The summed E-state index contributed by atoms with van der Waals surface area (Å²) in [4.78, 5) is 15.8. The highest BCUT2D eigenvalue weighted by Crippen LogP contribution is 2.10. The number of nitrogens with one attached hydrogen (secondary N) is 1. The van der Waals surface area contributed by atoms with Gasteiger partial charge in [0.2, 0.25) is 5.91 Å². The van der Waals surface area contributed by atoms with Crippen molar-refractivity contribution in [3.63, 3.8) is 0 Å². The summed E-state index contributed by atoms with van der Waals surface area (Å²) >= 11 is 0. The van der Waals surface area contributed by atoms with E-state index in [0.717, 1.165) is 58.7 Å². The molecule has 0 spiro atoms. The molecule has 1 saturated heterocycles. The smallest absolute Gasteiger partial charge is 0.220 e. The summed E-state index contributed by atoms with van der Waals surface area (Å²) in [5, 5.41) is 2.91. The molecule has 1 amide bonds. The number of unbranched alkanes of at least 4 members (excludes halogenated alkanes) is 2. The van der Waals surface area contributed by atoms with Crippen molar-refractivity contribution in [1.29, 1.82) is 0 Å². The topological polar surface area (TPSA) is 82.8 Å². The fourth-order valence-corrected chi connectivity index (χ4v) is 2.74. The van der Waals surface area contributed by atoms with E-state index in [9.17, 15) is 4.79 Å². The molecule has 0 saturated carbocycles. The maximum atomic E-state index is 11.3. The summed E-state index contributed by atoms with van der Waals surface area (Å²) in [7, 11) is 0. The monoisotopic (exact) mass is 394 g/mol. The predicted molar refractivity (Wildman–Crippen MR) is 112 cm³/mol. The van der Waals surface area contributed by atoms with Gasteiger partial charge >= 0.3 is 0 Å². The number of benzene rings is 1. The van der Waals surface area contributed by atoms with Gasteiger partial charge in [0.25, 0.3) is 0 Å². The molecule has 3 N–H and O–H groups in total. The molecular formula is C22H38N2O4. The molecule has 28 heavy (non-hydrogen) atoms. The van der Waals surface area contributed by atoms with Crippen LogP contribution in [-0.4, -0.2) is 45.5 Å². The number of carbonyl (C=O) groups is 1. The van der Waals surface area contributed by atoms with Crippen molar-refractivity contribution in [3.8, 4) is 0 Å². The normalized spacial score (nSPS) is 15.7. The molecule has 1 atom stereocenters. The minimum atomic E-state index is 0.110. The maximum Gasteiger partial charge on any atom is 0.220 e.